The second-order valence-corrected chi connectivity index (χ2v) is 22.9. The smallest absolute Gasteiger partial charge is 0.311 e. The number of hydrogen-bond donors (Lipinski definition) is 6. The summed E-state index contributed by atoms with van der Waals surface area (Å²) >= 11 is 0. The Labute approximate surface area is 433 Å². The quantitative estimate of drug-likeness (QED) is 0.139. The summed E-state index contributed by atoms with van der Waals surface area (Å²) in [5.74, 6) is -1.17. The molecule has 6 N–H and O–H groups in total. The molecule has 4 aliphatic rings. The topological polar surface area (TPSA) is 231 Å². The third kappa shape index (κ3) is 16.6. The van der Waals surface area contributed by atoms with E-state index in [9.17, 15) is 39.5 Å². The summed E-state index contributed by atoms with van der Waals surface area (Å²) in [5, 5.41) is 65.8. The lowest BCUT2D eigenvalue weighted by Crippen LogP contribution is -2.59. The van der Waals surface area contributed by atoms with Gasteiger partial charge in [-0.3, -0.25) is 9.59 Å². The number of aliphatic hydroxyl groups is 5. The number of aromatic nitrogens is 3. The molecule has 0 spiro atoms. The Balaban J connectivity index is 0.000000275. The standard InChI is InChI=1S/C30H57NO9.C24H34FN5O3/c1-12-22-30(9,36)25(32)20(5)31(10)16-17(2)13-28(7,35)14-18(3)24(19(4)27(34)39-22)40-23-15-29(8,37-11)26(33)21(6)38-23;1-16-11-21(13-24(32)33-16)29(2)10-9-23(31)26-19(14-25)12-17-3-7-20(8-4-17)30-15-22(27-28-30)18-5-6-18/h17-26,32-33,35-36H,12-16H2,1-11H3;3-4,7-8,15-16,18-19,21,24,32H,5-6,9-14H2,1-2H3,(H,26,31)/t17-,18-,19-,20-,21+,22-,23+,24+,25?,26+,28-,29-,30-;16-,19?,21?,24?/m11/s1. The van der Waals surface area contributed by atoms with Crippen LogP contribution >= 0.6 is 0 Å². The van der Waals surface area contributed by atoms with Crippen molar-refractivity contribution < 1.29 is 63.2 Å². The zero-order chi connectivity index (χ0) is 54.2. The number of aliphatic hydroxyl groups excluding tert-OH is 3. The van der Waals surface area contributed by atoms with Crippen LogP contribution in [0.1, 0.15) is 144 Å². The summed E-state index contributed by atoms with van der Waals surface area (Å²) in [5.41, 5.74) is -0.760. The normalized spacial score (nSPS) is 37.8. The molecule has 1 aliphatic carbocycles. The van der Waals surface area contributed by atoms with Crippen LogP contribution in [0.15, 0.2) is 30.5 Å². The van der Waals surface area contributed by atoms with E-state index in [4.69, 9.17) is 23.7 Å². The molecule has 1 amide bonds. The third-order valence-corrected chi connectivity index (χ3v) is 15.9. The molecule has 18 nitrogen and oxygen atoms in total. The van der Waals surface area contributed by atoms with Gasteiger partial charge in [-0.1, -0.05) is 38.1 Å². The van der Waals surface area contributed by atoms with Crippen LogP contribution in [0, 0.1) is 17.8 Å². The van der Waals surface area contributed by atoms with Gasteiger partial charge in [0.2, 0.25) is 5.91 Å². The summed E-state index contributed by atoms with van der Waals surface area (Å²) in [6.07, 6.45) is 1.99. The molecule has 73 heavy (non-hydrogen) atoms. The molecule has 6 rings (SSSR count). The summed E-state index contributed by atoms with van der Waals surface area (Å²) in [6, 6.07) is 6.93. The molecule has 4 fully saturated rings. The van der Waals surface area contributed by atoms with Crippen LogP contribution < -0.4 is 5.32 Å². The Morgan fingerprint density at radius 3 is 2.26 bits per heavy atom. The Morgan fingerprint density at radius 2 is 1.66 bits per heavy atom. The summed E-state index contributed by atoms with van der Waals surface area (Å²) in [7, 11) is 5.36. The van der Waals surface area contributed by atoms with Crippen molar-refractivity contribution in [3.63, 3.8) is 0 Å². The van der Waals surface area contributed by atoms with Crippen molar-refractivity contribution in [3.05, 3.63) is 41.7 Å². The maximum Gasteiger partial charge on any atom is 0.311 e. The van der Waals surface area contributed by atoms with E-state index in [2.05, 4.69) is 27.5 Å². The highest BCUT2D eigenvalue weighted by molar-refractivity contribution is 5.76. The molecule has 3 aliphatic heterocycles. The summed E-state index contributed by atoms with van der Waals surface area (Å²) < 4.78 is 44.7. The number of carbonyl (C=O) groups is 2. The van der Waals surface area contributed by atoms with Gasteiger partial charge in [-0.05, 0) is 137 Å². The van der Waals surface area contributed by atoms with Gasteiger partial charge in [0.05, 0.1) is 59.1 Å². The number of rotatable bonds is 14. The first kappa shape index (κ1) is 60.7. The lowest BCUT2D eigenvalue weighted by Gasteiger charge is -2.46. The van der Waals surface area contributed by atoms with E-state index in [1.807, 2.05) is 70.2 Å². The van der Waals surface area contributed by atoms with Crippen LogP contribution in [-0.4, -0.2) is 187 Å². The van der Waals surface area contributed by atoms with Crippen molar-refractivity contribution in [1.82, 2.24) is 30.1 Å². The van der Waals surface area contributed by atoms with Gasteiger partial charge < -0.3 is 64.3 Å². The van der Waals surface area contributed by atoms with E-state index in [1.165, 1.54) is 26.9 Å². The number of alkyl halides is 1. The lowest BCUT2D eigenvalue weighted by atomic mass is 9.80. The molecule has 4 unspecified atom stereocenters. The first-order chi connectivity index (χ1) is 34.2. The van der Waals surface area contributed by atoms with Gasteiger partial charge in [-0.2, -0.15) is 0 Å². The zero-order valence-electron chi connectivity index (χ0n) is 45.9. The number of ether oxygens (including phenoxy) is 5. The fourth-order valence-corrected chi connectivity index (χ4v) is 11.2. The number of benzene rings is 1. The van der Waals surface area contributed by atoms with Gasteiger partial charge in [0.1, 0.15) is 30.6 Å². The van der Waals surface area contributed by atoms with E-state index < -0.39 is 90.5 Å². The minimum Gasteiger partial charge on any atom is -0.459 e. The molecule has 1 saturated carbocycles. The van der Waals surface area contributed by atoms with Gasteiger partial charge in [-0.25, -0.2) is 9.07 Å². The molecule has 0 bridgehead atoms. The van der Waals surface area contributed by atoms with Crippen molar-refractivity contribution >= 4 is 11.9 Å². The fraction of sp³-hybridized carbons (Fsp3) is 0.815. The number of hydrogen-bond acceptors (Lipinski definition) is 16. The Morgan fingerprint density at radius 1 is 0.986 bits per heavy atom. The number of esters is 1. The average molecular weight is 1040 g/mol. The summed E-state index contributed by atoms with van der Waals surface area (Å²) in [4.78, 5) is 30.1. The number of nitrogens with one attached hydrogen (secondary N) is 1. The maximum absolute atomic E-state index is 13.6. The van der Waals surface area contributed by atoms with Gasteiger partial charge in [-0.15, -0.1) is 5.10 Å². The van der Waals surface area contributed by atoms with E-state index in [-0.39, 0.29) is 42.7 Å². The lowest BCUT2D eigenvalue weighted by molar-refractivity contribution is -0.296. The molecular weight excluding hydrogens is 944 g/mol. The highest BCUT2D eigenvalue weighted by Gasteiger charge is 2.49. The van der Waals surface area contributed by atoms with Gasteiger partial charge >= 0.3 is 5.97 Å². The maximum atomic E-state index is 13.6. The zero-order valence-corrected chi connectivity index (χ0v) is 45.9. The van der Waals surface area contributed by atoms with Crippen LogP contribution in [-0.2, 0) is 39.7 Å². The van der Waals surface area contributed by atoms with E-state index in [1.54, 1.807) is 39.3 Å². The second-order valence-electron chi connectivity index (χ2n) is 22.9. The largest absolute Gasteiger partial charge is 0.459 e. The minimum absolute atomic E-state index is 0.0119. The van der Waals surface area contributed by atoms with Gasteiger partial charge in [0.15, 0.2) is 12.6 Å². The van der Waals surface area contributed by atoms with Crippen LogP contribution in [0.25, 0.3) is 5.69 Å². The molecule has 1 aromatic heterocycles. The first-order valence-corrected chi connectivity index (χ1v) is 26.7. The monoisotopic (exact) mass is 1030 g/mol. The SMILES string of the molecule is CC[C@H]1OC(=O)[C@H](C)[C@@H](O[C@H]2C[C@@](C)(OC)[C@@H](O)[C@H](C)O2)[C@H](C)C[C@](C)(O)C[C@@H](C)CN(C)[C@H](C)C(O)[C@]1(C)O.C[C@@H]1CC(N(C)CCC(=O)NC(CF)Cc2ccc(-n3cc(C4CC4)nn3)cc2)CC(O)O1. The fourth-order valence-electron chi connectivity index (χ4n) is 11.2. The van der Waals surface area contributed by atoms with Gasteiger partial charge in [0, 0.05) is 57.5 Å². The van der Waals surface area contributed by atoms with Crippen molar-refractivity contribution in [2.75, 3.05) is 41.0 Å². The van der Waals surface area contributed by atoms with Crippen molar-refractivity contribution in [2.45, 2.75) is 223 Å². The number of methoxy groups -OCH3 is 1. The van der Waals surface area contributed by atoms with Gasteiger partial charge in [0.25, 0.3) is 0 Å². The number of carbonyl (C=O) groups excluding carboxylic acids is 2. The molecule has 3 saturated heterocycles. The average Bonchev–Trinajstić information content (AvgIpc) is 4.06. The predicted octanol–water partition coefficient (Wildman–Crippen LogP) is 4.83. The Bertz CT molecular complexity index is 2020. The van der Waals surface area contributed by atoms with E-state index in [0.29, 0.717) is 51.1 Å². The molecular formula is C54H91FN6O12. The van der Waals surface area contributed by atoms with Crippen LogP contribution in [0.2, 0.25) is 0 Å². The van der Waals surface area contributed by atoms with E-state index in [0.717, 1.165) is 23.4 Å². The Hall–Kier alpha value is -3.21. The molecule has 17 atom stereocenters. The number of likely N-dealkylation sites (N-methyl/N-ethyl adjacent to an activating group) is 1. The van der Waals surface area contributed by atoms with E-state index >= 15 is 0 Å². The molecule has 1 aromatic carbocycles. The summed E-state index contributed by atoms with van der Waals surface area (Å²) in [6.45, 7) is 18.6. The number of amides is 1. The molecule has 416 valence electrons. The third-order valence-electron chi connectivity index (χ3n) is 15.9. The van der Waals surface area contributed by atoms with Crippen molar-refractivity contribution in [1.29, 1.82) is 0 Å². The molecule has 19 heteroatoms. The molecule has 0 radical (unpaired) electrons. The predicted molar refractivity (Wildman–Crippen MR) is 273 cm³/mol. The number of cyclic esters (lactones) is 1. The van der Waals surface area contributed by atoms with Crippen LogP contribution in [0.5, 0.6) is 0 Å². The van der Waals surface area contributed by atoms with Crippen molar-refractivity contribution in [3.8, 4) is 5.69 Å². The highest BCUT2D eigenvalue weighted by Crippen LogP contribution is 2.40. The van der Waals surface area contributed by atoms with Crippen LogP contribution in [0.4, 0.5) is 4.39 Å². The first-order valence-electron chi connectivity index (χ1n) is 26.7. The molecule has 4 heterocycles. The molecule has 2 aromatic rings. The highest BCUT2D eigenvalue weighted by atomic mass is 19.1. The minimum atomic E-state index is -1.70. The second kappa shape index (κ2) is 26.2. The Kier molecular flexibility index (Phi) is 21.8. The van der Waals surface area contributed by atoms with Crippen molar-refractivity contribution in [2.24, 2.45) is 17.8 Å². The number of halogens is 1. The van der Waals surface area contributed by atoms with Crippen LogP contribution in [0.3, 0.4) is 0 Å². The number of nitrogens with zero attached hydrogens (tertiary/aromatic N) is 5.